The van der Waals surface area contributed by atoms with Gasteiger partial charge >= 0.3 is 21.7 Å². The van der Waals surface area contributed by atoms with Gasteiger partial charge in [0.25, 0.3) is 0 Å². The summed E-state index contributed by atoms with van der Waals surface area (Å²) in [4.78, 5) is 0. The molecular formula is C17H26Cl2OTi. The largest absolute Gasteiger partial charge is 2.00 e. The van der Waals surface area contributed by atoms with E-state index in [2.05, 4.69) is 58.0 Å². The van der Waals surface area contributed by atoms with E-state index in [1.165, 1.54) is 22.6 Å². The number of benzene rings is 1. The van der Waals surface area contributed by atoms with E-state index in [0.717, 1.165) is 13.5 Å². The van der Waals surface area contributed by atoms with Gasteiger partial charge in [0.1, 0.15) is 0 Å². The molecule has 1 aromatic carbocycles. The average Bonchev–Trinajstić information content (AvgIpc) is 2.79. The van der Waals surface area contributed by atoms with Gasteiger partial charge in [0.15, 0.2) is 0 Å². The number of hydrogen-bond acceptors (Lipinski definition) is 1. The van der Waals surface area contributed by atoms with E-state index in [4.69, 9.17) is 5.11 Å². The molecule has 2 rings (SSSR count). The van der Waals surface area contributed by atoms with Crippen molar-refractivity contribution >= 4 is 30.4 Å². The molecule has 1 nitrogen and oxygen atoms in total. The number of allylic oxidation sites excluding steroid dienone is 4. The van der Waals surface area contributed by atoms with Crippen molar-refractivity contribution in [1.29, 1.82) is 0 Å². The van der Waals surface area contributed by atoms with Crippen LogP contribution in [-0.2, 0) is 21.7 Å². The van der Waals surface area contributed by atoms with Crippen molar-refractivity contribution < 1.29 is 26.8 Å². The summed E-state index contributed by atoms with van der Waals surface area (Å²) < 4.78 is 0. The number of rotatable bonds is 1. The Hall–Kier alpha value is -0.0457. The zero-order valence-electron chi connectivity index (χ0n) is 13.4. The minimum Gasteiger partial charge on any atom is -0.400 e. The molecule has 1 N–H and O–H groups in total. The molecule has 0 amide bonds. The fourth-order valence-electron chi connectivity index (χ4n) is 1.44. The van der Waals surface area contributed by atoms with Gasteiger partial charge in [-0.2, -0.15) is 20.8 Å². The van der Waals surface area contributed by atoms with Crippen LogP contribution in [0.3, 0.4) is 0 Å². The first kappa shape index (κ1) is 29.0. The zero-order valence-corrected chi connectivity index (χ0v) is 16.6. The minimum atomic E-state index is 0. The third-order valence-electron chi connectivity index (χ3n) is 2.10. The van der Waals surface area contributed by atoms with E-state index in [1.54, 1.807) is 0 Å². The van der Waals surface area contributed by atoms with Crippen molar-refractivity contribution in [2.45, 2.75) is 34.1 Å². The van der Waals surface area contributed by atoms with E-state index >= 15 is 0 Å². The summed E-state index contributed by atoms with van der Waals surface area (Å²) in [5, 5.41) is 7.00. The molecule has 0 unspecified atom stereocenters. The third-order valence-corrected chi connectivity index (χ3v) is 2.10. The molecule has 0 radical (unpaired) electrons. The number of aliphatic hydroxyl groups excluding tert-OH is 1. The first-order valence-corrected chi connectivity index (χ1v) is 6.15. The Kier molecular flexibility index (Phi) is 24.9. The van der Waals surface area contributed by atoms with Crippen LogP contribution in [0.5, 0.6) is 0 Å². The van der Waals surface area contributed by atoms with Crippen LogP contribution < -0.4 is 0 Å². The van der Waals surface area contributed by atoms with Crippen molar-refractivity contribution in [2.75, 3.05) is 7.11 Å². The van der Waals surface area contributed by atoms with Crippen molar-refractivity contribution in [2.24, 2.45) is 0 Å². The molecule has 1 aliphatic rings. The Balaban J connectivity index is -0.000000142. The van der Waals surface area contributed by atoms with Gasteiger partial charge in [-0.3, -0.25) is 0 Å². The van der Waals surface area contributed by atoms with Gasteiger partial charge in [-0.1, -0.05) is 17.7 Å². The maximum absolute atomic E-state index is 7.00. The fourth-order valence-corrected chi connectivity index (χ4v) is 1.44. The maximum Gasteiger partial charge on any atom is 2.00 e. The van der Waals surface area contributed by atoms with Gasteiger partial charge < -0.3 is 11.0 Å². The van der Waals surface area contributed by atoms with Gasteiger partial charge in [-0.05, 0) is 13.3 Å². The van der Waals surface area contributed by atoms with Crippen molar-refractivity contribution in [3.8, 4) is 0 Å². The molecule has 0 aliphatic heterocycles. The Labute approximate surface area is 157 Å². The molecule has 0 aromatic heterocycles. The van der Waals surface area contributed by atoms with E-state index in [-0.39, 0.29) is 46.5 Å². The normalized spacial score (nSPS) is 11.0. The Morgan fingerprint density at radius 3 is 1.95 bits per heavy atom. The second-order valence-electron chi connectivity index (χ2n) is 4.60. The molecule has 0 bridgehead atoms. The van der Waals surface area contributed by atoms with Crippen LogP contribution in [0.4, 0.5) is 0 Å². The van der Waals surface area contributed by atoms with Gasteiger partial charge in [0, 0.05) is 7.11 Å². The van der Waals surface area contributed by atoms with E-state index < -0.39 is 0 Å². The Morgan fingerprint density at radius 1 is 1.10 bits per heavy atom. The summed E-state index contributed by atoms with van der Waals surface area (Å²) in [6.07, 6.45) is 5.54. The molecule has 0 fully saturated rings. The molecule has 1 aromatic rings. The molecule has 0 saturated carbocycles. The summed E-state index contributed by atoms with van der Waals surface area (Å²) in [7, 11) is 1.00. The van der Waals surface area contributed by atoms with E-state index in [1.807, 2.05) is 12.1 Å². The topological polar surface area (TPSA) is 20.2 Å². The quantitative estimate of drug-likeness (QED) is 0.530. The second-order valence-corrected chi connectivity index (χ2v) is 4.60. The first-order valence-electron chi connectivity index (χ1n) is 6.15. The number of halogens is 2. The standard InChI is InChI=1S/C12H11.C4H9.CH4O.2ClH.Ti/c1-10-7-8-12(9-10)11-5-3-2-4-6-11;1-4(2)3;1-2;;;/h2-5,7,9H,8H2,1H3;1-3H3;2H,1H3;2*1H;/q2*-1;;;;+2. The summed E-state index contributed by atoms with van der Waals surface area (Å²) in [5.41, 5.74) is 3.97. The molecule has 1 aliphatic carbocycles. The third kappa shape index (κ3) is 14.6. The van der Waals surface area contributed by atoms with Crippen LogP contribution in [-0.4, -0.2) is 12.2 Å². The zero-order chi connectivity index (χ0) is 14.0. The van der Waals surface area contributed by atoms with Crippen LogP contribution in [0.25, 0.3) is 5.57 Å². The monoisotopic (exact) mass is 364 g/mol. The van der Waals surface area contributed by atoms with Gasteiger partial charge in [0.2, 0.25) is 0 Å². The molecular weight excluding hydrogens is 339 g/mol. The van der Waals surface area contributed by atoms with Crippen molar-refractivity contribution in [3.63, 3.8) is 0 Å². The molecule has 0 spiro atoms. The Morgan fingerprint density at radius 2 is 1.62 bits per heavy atom. The summed E-state index contributed by atoms with van der Waals surface area (Å²) >= 11 is 0. The smallest absolute Gasteiger partial charge is 0.400 e. The number of hydrogen-bond donors (Lipinski definition) is 1. The van der Waals surface area contributed by atoms with E-state index in [9.17, 15) is 0 Å². The SMILES string of the molecule is CC1=CCC(c2[c-]cccc2)=C1.CO.C[C-](C)C.Cl.Cl.[Ti+2]. The van der Waals surface area contributed by atoms with Gasteiger partial charge in [-0.15, -0.1) is 66.3 Å². The predicted octanol–water partition coefficient (Wildman–Crippen LogP) is 5.29. The minimum absolute atomic E-state index is 0. The van der Waals surface area contributed by atoms with Crippen molar-refractivity contribution in [1.82, 2.24) is 0 Å². The average molecular weight is 365 g/mol. The van der Waals surface area contributed by atoms with Crippen molar-refractivity contribution in [3.05, 3.63) is 59.5 Å². The Bertz CT molecular complexity index is 384. The molecule has 0 saturated heterocycles. The number of aliphatic hydroxyl groups is 1. The van der Waals surface area contributed by atoms with Crippen LogP contribution >= 0.6 is 24.8 Å². The summed E-state index contributed by atoms with van der Waals surface area (Å²) in [6, 6.07) is 11.4. The molecule has 4 heteroatoms. The molecule has 118 valence electrons. The first-order chi connectivity index (χ1) is 8.59. The summed E-state index contributed by atoms with van der Waals surface area (Å²) in [6.45, 7) is 8.38. The second kappa shape index (κ2) is 18.0. The van der Waals surface area contributed by atoms with Crippen LogP contribution in [0.2, 0.25) is 0 Å². The maximum atomic E-state index is 7.00. The molecule has 21 heavy (non-hydrogen) atoms. The van der Waals surface area contributed by atoms with Gasteiger partial charge in [-0.25, -0.2) is 0 Å². The predicted molar refractivity (Wildman–Crippen MR) is 94.5 cm³/mol. The fraction of sp³-hybridized carbons (Fsp3) is 0.353. The van der Waals surface area contributed by atoms with Crippen LogP contribution in [0, 0.1) is 12.0 Å². The molecule has 0 heterocycles. The molecule has 0 atom stereocenters. The van der Waals surface area contributed by atoms with Crippen LogP contribution in [0.1, 0.15) is 39.7 Å². The van der Waals surface area contributed by atoms with E-state index in [0.29, 0.717) is 0 Å². The van der Waals surface area contributed by atoms with Gasteiger partial charge in [0.05, 0.1) is 0 Å². The summed E-state index contributed by atoms with van der Waals surface area (Å²) in [5.74, 6) is 1.42. The van der Waals surface area contributed by atoms with Crippen LogP contribution in [0.15, 0.2) is 42.0 Å².